The minimum absolute atomic E-state index is 0.0153. The first-order chi connectivity index (χ1) is 27.6. The quantitative estimate of drug-likeness (QED) is 0.167. The molecule has 0 aliphatic carbocycles. The highest BCUT2D eigenvalue weighted by atomic mass is 35.5. The summed E-state index contributed by atoms with van der Waals surface area (Å²) in [6, 6.07) is 22.3. The highest BCUT2D eigenvalue weighted by molar-refractivity contribution is 7.92. The summed E-state index contributed by atoms with van der Waals surface area (Å²) in [5.74, 6) is 0. The number of likely N-dealkylation sites (tertiary alicyclic amines) is 1. The van der Waals surface area contributed by atoms with E-state index in [9.17, 15) is 38.5 Å². The zero-order valence-electron chi connectivity index (χ0n) is 32.5. The van der Waals surface area contributed by atoms with Crippen molar-refractivity contribution in [3.63, 3.8) is 0 Å². The fourth-order valence-corrected chi connectivity index (χ4v) is 12.6. The van der Waals surface area contributed by atoms with Crippen molar-refractivity contribution in [2.75, 3.05) is 26.2 Å². The number of nitrogens with zero attached hydrogens (tertiary/aromatic N) is 1. The van der Waals surface area contributed by atoms with Gasteiger partial charge in [-0.3, -0.25) is 0 Å². The molecule has 2 aliphatic heterocycles. The Balaban J connectivity index is 0.000000230. The summed E-state index contributed by atoms with van der Waals surface area (Å²) in [5, 5.41) is 3.06. The molecule has 4 aromatic carbocycles. The summed E-state index contributed by atoms with van der Waals surface area (Å²) in [6.07, 6.45) is 1.67. The first kappa shape index (κ1) is 46.5. The van der Waals surface area contributed by atoms with E-state index in [2.05, 4.69) is 14.8 Å². The van der Waals surface area contributed by atoms with Crippen LogP contribution in [0, 0.1) is 0 Å². The van der Waals surface area contributed by atoms with Gasteiger partial charge in [0.1, 0.15) is 15.4 Å². The van der Waals surface area contributed by atoms with Crippen LogP contribution in [0.1, 0.15) is 46.5 Å². The topological polar surface area (TPSA) is 202 Å². The number of rotatable bonds is 10. The van der Waals surface area contributed by atoms with Gasteiger partial charge in [-0.25, -0.2) is 47.9 Å². The van der Waals surface area contributed by atoms with Crippen LogP contribution in [0.25, 0.3) is 0 Å². The summed E-state index contributed by atoms with van der Waals surface area (Å²) < 4.78 is 113. The molecule has 14 nitrogen and oxygen atoms in total. The molecule has 0 atom stereocenters. The Morgan fingerprint density at radius 2 is 1.00 bits per heavy atom. The van der Waals surface area contributed by atoms with Gasteiger partial charge in [-0.15, -0.1) is 0 Å². The van der Waals surface area contributed by atoms with Crippen LogP contribution < -0.4 is 14.8 Å². The maximum Gasteiger partial charge on any atom is 0.410 e. The number of halogens is 2. The molecule has 2 fully saturated rings. The molecule has 2 heterocycles. The number of hydrogen-bond donors (Lipinski definition) is 3. The Morgan fingerprint density at radius 3 is 1.39 bits per heavy atom. The molecule has 0 aromatic heterocycles. The van der Waals surface area contributed by atoms with E-state index in [1.54, 1.807) is 57.2 Å². The third-order valence-corrected chi connectivity index (χ3v) is 16.8. The molecule has 3 N–H and O–H groups in total. The minimum atomic E-state index is -4.10. The Bertz CT molecular complexity index is 2560. The predicted molar refractivity (Wildman–Crippen MR) is 224 cm³/mol. The predicted octanol–water partition coefficient (Wildman–Crippen LogP) is 6.05. The van der Waals surface area contributed by atoms with Crippen LogP contribution >= 0.6 is 23.2 Å². The molecule has 0 saturated carbocycles. The van der Waals surface area contributed by atoms with E-state index >= 15 is 0 Å². The van der Waals surface area contributed by atoms with Gasteiger partial charge in [-0.05, 0) is 120 Å². The highest BCUT2D eigenvalue weighted by Crippen LogP contribution is 2.30. The van der Waals surface area contributed by atoms with Crippen molar-refractivity contribution < 1.29 is 43.2 Å². The van der Waals surface area contributed by atoms with Crippen LogP contribution in [0.15, 0.2) is 126 Å². The number of benzene rings is 4. The maximum atomic E-state index is 13.0. The van der Waals surface area contributed by atoms with E-state index in [0.29, 0.717) is 38.8 Å². The molecule has 320 valence electrons. The second-order valence-corrected chi connectivity index (χ2v) is 22.9. The summed E-state index contributed by atoms with van der Waals surface area (Å²) in [7, 11) is -15.8. The molecule has 0 radical (unpaired) electrons. The standard InChI is InChI=1S/C22H27ClN2O6S2.C17H19ClN2O4S2/c1-22(2,3)31-21(26)25-13-11-16(12-14-25)24-33(29,30)20-15-18(9-10-19(20)23)32(27,28)17-7-5-4-6-8-17;18-16-7-6-15(25(21,22)14-4-2-1-3-5-14)12-17(16)26(23,24)20-13-8-10-19-11-9-13/h4-10,15-16,24H,11-14H2,1-3H3;1-7,12-13,19-20H,8-11H2. The molecule has 59 heavy (non-hydrogen) atoms. The third-order valence-electron chi connectivity index (χ3n) is 9.24. The molecule has 0 bridgehead atoms. The lowest BCUT2D eigenvalue weighted by Gasteiger charge is -2.33. The fraction of sp³-hybridized carbons (Fsp3) is 0.359. The van der Waals surface area contributed by atoms with Crippen LogP contribution in [-0.4, -0.2) is 88.5 Å². The van der Waals surface area contributed by atoms with E-state index in [4.69, 9.17) is 27.9 Å². The van der Waals surface area contributed by atoms with E-state index < -0.39 is 57.5 Å². The van der Waals surface area contributed by atoms with E-state index in [1.807, 2.05) is 0 Å². The van der Waals surface area contributed by atoms with Crippen molar-refractivity contribution in [1.29, 1.82) is 0 Å². The first-order valence-electron chi connectivity index (χ1n) is 18.5. The second-order valence-electron chi connectivity index (χ2n) is 14.8. The highest BCUT2D eigenvalue weighted by Gasteiger charge is 2.31. The van der Waals surface area contributed by atoms with Gasteiger partial charge in [-0.1, -0.05) is 59.6 Å². The minimum Gasteiger partial charge on any atom is -0.444 e. The summed E-state index contributed by atoms with van der Waals surface area (Å²) in [6.45, 7) is 7.45. The maximum absolute atomic E-state index is 13.0. The molecule has 0 spiro atoms. The Morgan fingerprint density at radius 1 is 0.610 bits per heavy atom. The number of sulfonamides is 2. The number of sulfone groups is 2. The van der Waals surface area contributed by atoms with Crippen LogP contribution in [0.2, 0.25) is 10.0 Å². The Labute approximate surface area is 356 Å². The number of piperidine rings is 2. The summed E-state index contributed by atoms with van der Waals surface area (Å²) >= 11 is 12.2. The molecule has 2 aliphatic rings. The van der Waals surface area contributed by atoms with Gasteiger partial charge in [0.2, 0.25) is 39.7 Å². The Hall–Kier alpha value is -3.59. The molecule has 4 aromatic rings. The number of amides is 1. The Kier molecular flexibility index (Phi) is 15.0. The van der Waals surface area contributed by atoms with Crippen LogP contribution in [0.5, 0.6) is 0 Å². The molecular formula is C39H46Cl2N4O10S4. The lowest BCUT2D eigenvalue weighted by molar-refractivity contribution is 0.0203. The van der Waals surface area contributed by atoms with Crippen LogP contribution in [-0.2, 0) is 44.5 Å². The molecule has 0 unspecified atom stereocenters. The van der Waals surface area contributed by atoms with Gasteiger partial charge in [0.15, 0.2) is 0 Å². The SMILES string of the molecule is CC(C)(C)OC(=O)N1CCC(NS(=O)(=O)c2cc(S(=O)(=O)c3ccccc3)ccc2Cl)CC1.O=S(=O)(NC1CCNCC1)c1cc(S(=O)(=O)c2ccccc2)ccc1Cl. The molecule has 6 rings (SSSR count). The van der Waals surface area contributed by atoms with Crippen LogP contribution in [0.4, 0.5) is 4.79 Å². The lowest BCUT2D eigenvalue weighted by atomic mass is 10.1. The van der Waals surface area contributed by atoms with E-state index in [1.165, 1.54) is 53.4 Å². The number of hydrogen-bond acceptors (Lipinski definition) is 11. The average Bonchev–Trinajstić information content (AvgIpc) is 3.18. The van der Waals surface area contributed by atoms with Crippen molar-refractivity contribution >= 4 is 69.0 Å². The smallest absolute Gasteiger partial charge is 0.410 e. The summed E-state index contributed by atoms with van der Waals surface area (Å²) in [4.78, 5) is 13.1. The number of ether oxygens (including phenoxy) is 1. The normalized spacial score (nSPS) is 16.2. The first-order valence-corrected chi connectivity index (χ1v) is 25.2. The summed E-state index contributed by atoms with van der Waals surface area (Å²) in [5.41, 5.74) is -0.614. The number of carbonyl (C=O) groups is 1. The lowest BCUT2D eigenvalue weighted by Crippen LogP contribution is -2.47. The zero-order chi connectivity index (χ0) is 43.2. The van der Waals surface area contributed by atoms with E-state index in [0.717, 1.165) is 25.2 Å². The van der Waals surface area contributed by atoms with Gasteiger partial charge < -0.3 is 15.0 Å². The second kappa shape index (κ2) is 19.0. The van der Waals surface area contributed by atoms with Gasteiger partial charge in [0, 0.05) is 25.2 Å². The van der Waals surface area contributed by atoms with Crippen molar-refractivity contribution in [2.45, 2.75) is 93.5 Å². The van der Waals surface area contributed by atoms with Crippen molar-refractivity contribution in [2.24, 2.45) is 0 Å². The zero-order valence-corrected chi connectivity index (χ0v) is 37.2. The fourth-order valence-electron chi connectivity index (χ4n) is 6.20. The number of carbonyl (C=O) groups excluding carboxylic acids is 1. The molecule has 2 saturated heterocycles. The number of nitrogens with one attached hydrogen (secondary N) is 3. The average molecular weight is 930 g/mol. The van der Waals surface area contributed by atoms with Gasteiger partial charge >= 0.3 is 6.09 Å². The third kappa shape index (κ3) is 12.0. The monoisotopic (exact) mass is 928 g/mol. The largest absolute Gasteiger partial charge is 0.444 e. The van der Waals surface area contributed by atoms with Gasteiger partial charge in [0.25, 0.3) is 0 Å². The molecule has 20 heteroatoms. The van der Waals surface area contributed by atoms with E-state index in [-0.39, 0.29) is 45.5 Å². The van der Waals surface area contributed by atoms with Crippen molar-refractivity contribution in [3.8, 4) is 0 Å². The van der Waals surface area contributed by atoms with Crippen LogP contribution in [0.3, 0.4) is 0 Å². The molecular weight excluding hydrogens is 884 g/mol. The van der Waals surface area contributed by atoms with Gasteiger partial charge in [0.05, 0.1) is 29.6 Å². The van der Waals surface area contributed by atoms with Crippen molar-refractivity contribution in [3.05, 3.63) is 107 Å². The molecule has 1 amide bonds. The van der Waals surface area contributed by atoms with Crippen molar-refractivity contribution in [1.82, 2.24) is 19.7 Å². The van der Waals surface area contributed by atoms with Gasteiger partial charge in [-0.2, -0.15) is 0 Å².